The molecular weight excluding hydrogens is 384 g/mol. The average Bonchev–Trinajstić information content (AvgIpc) is 3.09. The standard InChI is InChI=1S/C28H42O3/c1-19(2)31-26-12-11-24-23-10-9-20-17-21(29)13-16-28(20,25(23)14-15-27(24,26)3)18-30-22-7-5-4-6-8-22/h7,17,19,23-26H,4-6,8-16,18H2,1-3H3/t23-,24-,25+,26?,27-,28+/m0/s1. The van der Waals surface area contributed by atoms with Crippen molar-refractivity contribution >= 4 is 5.78 Å². The van der Waals surface area contributed by atoms with Crippen LogP contribution in [0.3, 0.4) is 0 Å². The van der Waals surface area contributed by atoms with Crippen LogP contribution in [0.15, 0.2) is 23.5 Å². The Hall–Kier alpha value is -1.09. The third-order valence-corrected chi connectivity index (χ3v) is 9.80. The summed E-state index contributed by atoms with van der Waals surface area (Å²) in [5, 5.41) is 0. The molecule has 0 spiro atoms. The van der Waals surface area contributed by atoms with E-state index in [0.29, 0.717) is 35.7 Å². The maximum Gasteiger partial charge on any atom is 0.155 e. The number of carbonyl (C=O) groups is 1. The molecule has 5 rings (SSSR count). The molecule has 0 aromatic carbocycles. The van der Waals surface area contributed by atoms with E-state index in [4.69, 9.17) is 9.47 Å². The first-order valence-corrected chi connectivity index (χ1v) is 13.1. The molecule has 3 fully saturated rings. The zero-order valence-electron chi connectivity index (χ0n) is 20.0. The van der Waals surface area contributed by atoms with E-state index in [1.807, 2.05) is 6.08 Å². The van der Waals surface area contributed by atoms with Crippen molar-refractivity contribution in [3.63, 3.8) is 0 Å². The molecule has 31 heavy (non-hydrogen) atoms. The summed E-state index contributed by atoms with van der Waals surface area (Å²) in [7, 11) is 0. The average molecular weight is 427 g/mol. The third-order valence-electron chi connectivity index (χ3n) is 9.80. The van der Waals surface area contributed by atoms with E-state index in [1.54, 1.807) is 0 Å². The molecular formula is C28H42O3. The number of hydrogen-bond acceptors (Lipinski definition) is 3. The van der Waals surface area contributed by atoms with Crippen molar-refractivity contribution in [1.29, 1.82) is 0 Å². The Labute approximate surface area is 189 Å². The van der Waals surface area contributed by atoms with Gasteiger partial charge in [-0.1, -0.05) is 12.5 Å². The monoisotopic (exact) mass is 426 g/mol. The molecule has 0 saturated heterocycles. The second-order valence-electron chi connectivity index (χ2n) is 11.7. The van der Waals surface area contributed by atoms with E-state index in [0.717, 1.165) is 44.1 Å². The van der Waals surface area contributed by atoms with Gasteiger partial charge in [0.25, 0.3) is 0 Å². The molecule has 0 N–H and O–H groups in total. The lowest BCUT2D eigenvalue weighted by Crippen LogP contribution is -2.54. The molecule has 172 valence electrons. The fourth-order valence-electron chi connectivity index (χ4n) is 8.30. The van der Waals surface area contributed by atoms with Crippen molar-refractivity contribution < 1.29 is 14.3 Å². The largest absolute Gasteiger partial charge is 0.497 e. The summed E-state index contributed by atoms with van der Waals surface area (Å²) >= 11 is 0. The van der Waals surface area contributed by atoms with Gasteiger partial charge >= 0.3 is 0 Å². The van der Waals surface area contributed by atoms with Crippen LogP contribution in [0.2, 0.25) is 0 Å². The van der Waals surface area contributed by atoms with Crippen molar-refractivity contribution in [2.24, 2.45) is 28.6 Å². The smallest absolute Gasteiger partial charge is 0.155 e. The van der Waals surface area contributed by atoms with E-state index in [2.05, 4.69) is 26.8 Å². The van der Waals surface area contributed by atoms with Gasteiger partial charge in [-0.25, -0.2) is 0 Å². The second kappa shape index (κ2) is 8.36. The van der Waals surface area contributed by atoms with Crippen LogP contribution in [-0.2, 0) is 14.3 Å². The second-order valence-corrected chi connectivity index (χ2v) is 11.7. The van der Waals surface area contributed by atoms with Crippen LogP contribution in [0, 0.1) is 28.6 Å². The molecule has 3 nitrogen and oxygen atoms in total. The summed E-state index contributed by atoms with van der Waals surface area (Å²) in [6, 6.07) is 0. The Morgan fingerprint density at radius 2 is 1.90 bits per heavy atom. The highest BCUT2D eigenvalue weighted by Crippen LogP contribution is 2.66. The quantitative estimate of drug-likeness (QED) is 0.487. The lowest BCUT2D eigenvalue weighted by Gasteiger charge is -2.58. The molecule has 0 aliphatic heterocycles. The normalized spacial score (nSPS) is 42.4. The summed E-state index contributed by atoms with van der Waals surface area (Å²) < 4.78 is 13.0. The number of allylic oxidation sites excluding steroid dienone is 2. The fraction of sp³-hybridized carbons (Fsp3) is 0.821. The number of carbonyl (C=O) groups excluding carboxylic acids is 1. The molecule has 5 aliphatic rings. The van der Waals surface area contributed by atoms with Gasteiger partial charge in [-0.15, -0.1) is 0 Å². The minimum atomic E-state index is 0.0907. The number of ether oxygens (including phenoxy) is 2. The van der Waals surface area contributed by atoms with Gasteiger partial charge in [0.2, 0.25) is 0 Å². The van der Waals surface area contributed by atoms with E-state index < -0.39 is 0 Å². The first-order chi connectivity index (χ1) is 14.9. The molecule has 0 heterocycles. The number of rotatable bonds is 5. The first kappa shape index (κ1) is 21.7. The molecule has 3 saturated carbocycles. The van der Waals surface area contributed by atoms with Crippen LogP contribution < -0.4 is 0 Å². The molecule has 0 bridgehead atoms. The van der Waals surface area contributed by atoms with Crippen LogP contribution in [0.25, 0.3) is 0 Å². The van der Waals surface area contributed by atoms with E-state index >= 15 is 0 Å². The lowest BCUT2D eigenvalue weighted by molar-refractivity contribution is -0.126. The van der Waals surface area contributed by atoms with Gasteiger partial charge in [-0.3, -0.25) is 4.79 Å². The third kappa shape index (κ3) is 3.73. The van der Waals surface area contributed by atoms with Crippen molar-refractivity contribution in [2.75, 3.05) is 6.61 Å². The van der Waals surface area contributed by atoms with E-state index in [9.17, 15) is 4.79 Å². The van der Waals surface area contributed by atoms with Crippen molar-refractivity contribution in [2.45, 2.75) is 110 Å². The molecule has 3 heteroatoms. The zero-order valence-corrected chi connectivity index (χ0v) is 20.0. The summed E-state index contributed by atoms with van der Waals surface area (Å²) in [6.07, 6.45) is 19.0. The highest BCUT2D eigenvalue weighted by molar-refractivity contribution is 5.91. The predicted octanol–water partition coefficient (Wildman–Crippen LogP) is 6.77. The summed E-state index contributed by atoms with van der Waals surface area (Å²) in [4.78, 5) is 12.4. The van der Waals surface area contributed by atoms with Crippen LogP contribution in [0.4, 0.5) is 0 Å². The van der Waals surface area contributed by atoms with Gasteiger partial charge in [0, 0.05) is 18.3 Å². The van der Waals surface area contributed by atoms with Gasteiger partial charge in [-0.05, 0) is 113 Å². The number of hydrogen-bond donors (Lipinski definition) is 0. The molecule has 0 radical (unpaired) electrons. The summed E-state index contributed by atoms with van der Waals surface area (Å²) in [5.74, 6) is 3.74. The topological polar surface area (TPSA) is 35.5 Å². The van der Waals surface area contributed by atoms with Crippen LogP contribution >= 0.6 is 0 Å². The SMILES string of the molecule is CC(C)OC1CC[C@H]2[C@@H]3CCC4=CC(=O)CC[C@]4(COC4=CCCCC4)[C@@H]3CC[C@]12C. The van der Waals surface area contributed by atoms with E-state index in [-0.39, 0.29) is 5.41 Å². The minimum absolute atomic E-state index is 0.0907. The Balaban J connectivity index is 1.42. The summed E-state index contributed by atoms with van der Waals surface area (Å²) in [5.41, 5.74) is 1.84. The van der Waals surface area contributed by atoms with Gasteiger partial charge < -0.3 is 9.47 Å². The Morgan fingerprint density at radius 1 is 1.03 bits per heavy atom. The highest BCUT2D eigenvalue weighted by atomic mass is 16.5. The Kier molecular flexibility index (Phi) is 5.86. The van der Waals surface area contributed by atoms with Gasteiger partial charge in [-0.2, -0.15) is 0 Å². The maximum atomic E-state index is 12.4. The molecule has 0 aromatic rings. The molecule has 5 aliphatic carbocycles. The minimum Gasteiger partial charge on any atom is -0.497 e. The van der Waals surface area contributed by atoms with Crippen LogP contribution in [0.1, 0.15) is 97.8 Å². The number of fused-ring (bicyclic) bond motifs is 5. The Morgan fingerprint density at radius 3 is 2.68 bits per heavy atom. The molecule has 0 amide bonds. The Bertz CT molecular complexity index is 764. The highest BCUT2D eigenvalue weighted by Gasteiger charge is 2.60. The van der Waals surface area contributed by atoms with Crippen LogP contribution in [0.5, 0.6) is 0 Å². The zero-order chi connectivity index (χ0) is 21.6. The van der Waals surface area contributed by atoms with E-state index in [1.165, 1.54) is 56.3 Å². The van der Waals surface area contributed by atoms with Crippen molar-refractivity contribution in [3.8, 4) is 0 Å². The van der Waals surface area contributed by atoms with Crippen LogP contribution in [-0.4, -0.2) is 24.6 Å². The van der Waals surface area contributed by atoms with Gasteiger partial charge in [0.05, 0.1) is 24.6 Å². The van der Waals surface area contributed by atoms with Gasteiger partial charge in [0.1, 0.15) is 0 Å². The molecule has 0 aromatic heterocycles. The lowest BCUT2D eigenvalue weighted by atomic mass is 9.47. The number of ketones is 1. The summed E-state index contributed by atoms with van der Waals surface area (Å²) in [6.45, 7) is 7.70. The first-order valence-electron chi connectivity index (χ1n) is 13.1. The molecule has 1 unspecified atom stereocenters. The maximum absolute atomic E-state index is 12.4. The fourth-order valence-corrected chi connectivity index (χ4v) is 8.30. The molecule has 6 atom stereocenters. The van der Waals surface area contributed by atoms with Gasteiger partial charge in [0.15, 0.2) is 5.78 Å². The van der Waals surface area contributed by atoms with Crippen molar-refractivity contribution in [1.82, 2.24) is 0 Å². The van der Waals surface area contributed by atoms with Crippen molar-refractivity contribution in [3.05, 3.63) is 23.5 Å². The predicted molar refractivity (Wildman–Crippen MR) is 124 cm³/mol.